The first-order valence-electron chi connectivity index (χ1n) is 9.44. The highest BCUT2D eigenvalue weighted by Crippen LogP contribution is 2.23. The average Bonchev–Trinajstić information content (AvgIpc) is 2.78. The number of hydrogen-bond donors (Lipinski definition) is 3. The van der Waals surface area contributed by atoms with Crippen molar-refractivity contribution in [3.8, 4) is 0 Å². The van der Waals surface area contributed by atoms with Gasteiger partial charge in [0.05, 0.1) is 10.2 Å². The van der Waals surface area contributed by atoms with Gasteiger partial charge < -0.3 is 15.6 Å². The summed E-state index contributed by atoms with van der Waals surface area (Å²) in [6.45, 7) is 1.30. The van der Waals surface area contributed by atoms with Crippen molar-refractivity contribution in [1.82, 2.24) is 20.6 Å². The van der Waals surface area contributed by atoms with Gasteiger partial charge in [0.1, 0.15) is 5.82 Å². The largest absolute Gasteiger partial charge is 0.334 e. The molecule has 0 unspecified atom stereocenters. The predicted octanol–water partition coefficient (Wildman–Crippen LogP) is 2.67. The maximum absolute atomic E-state index is 13.4. The highest BCUT2D eigenvalue weighted by atomic mass is 79.9. The number of nitrogens with two attached hydrogens (primary N) is 1. The van der Waals surface area contributed by atoms with E-state index in [0.717, 1.165) is 5.56 Å². The van der Waals surface area contributed by atoms with E-state index < -0.39 is 5.82 Å². The number of aliphatic imine (C=N–C) groups is 1. The number of ketones is 1. The number of carbonyl (C=O) groups excluding carboxylic acids is 2. The van der Waals surface area contributed by atoms with Crippen LogP contribution < -0.4 is 16.6 Å². The molecule has 10 heteroatoms. The summed E-state index contributed by atoms with van der Waals surface area (Å²) >= 11 is 3.09. The van der Waals surface area contributed by atoms with E-state index in [1.807, 2.05) is 12.1 Å². The number of amidine groups is 1. The quantitative estimate of drug-likeness (QED) is 0.265. The summed E-state index contributed by atoms with van der Waals surface area (Å²) in [6, 6.07) is 7.71. The molecule has 4 N–H and O–H groups in total. The monoisotopic (exact) mass is 476 g/mol. The van der Waals surface area contributed by atoms with Crippen molar-refractivity contribution in [3.63, 3.8) is 0 Å². The zero-order valence-corrected chi connectivity index (χ0v) is 17.7. The molecule has 0 saturated carbocycles. The van der Waals surface area contributed by atoms with Gasteiger partial charge in [-0.05, 0) is 58.6 Å². The molecule has 8 nitrogen and oxygen atoms in total. The molecule has 1 fully saturated rings. The summed E-state index contributed by atoms with van der Waals surface area (Å²) in [4.78, 5) is 35.1. The number of carbonyl (C=O) groups is 2. The number of halogens is 2. The Hall–Kier alpha value is -2.85. The molecule has 1 aromatic carbocycles. The first-order chi connectivity index (χ1) is 14.5. The lowest BCUT2D eigenvalue weighted by molar-refractivity contribution is -0.117. The van der Waals surface area contributed by atoms with Crippen molar-refractivity contribution >= 4 is 39.3 Å². The Labute approximate surface area is 181 Å². The van der Waals surface area contributed by atoms with Gasteiger partial charge in [0, 0.05) is 37.9 Å². The summed E-state index contributed by atoms with van der Waals surface area (Å²) in [5.41, 5.74) is 3.66. The Kier molecular flexibility index (Phi) is 7.47. The van der Waals surface area contributed by atoms with E-state index in [1.54, 1.807) is 17.3 Å². The molecule has 0 aliphatic carbocycles. The van der Waals surface area contributed by atoms with Gasteiger partial charge >= 0.3 is 6.03 Å². The Morgan fingerprint density at radius 3 is 2.70 bits per heavy atom. The molecule has 0 bridgehead atoms. The topological polar surface area (TPSA) is 113 Å². The normalized spacial score (nSPS) is 15.0. The third-order valence-electron chi connectivity index (χ3n) is 4.83. The molecule has 3 rings (SSSR count). The summed E-state index contributed by atoms with van der Waals surface area (Å²) in [7, 11) is 0. The molecule has 1 aromatic heterocycles. The third-order valence-corrected chi connectivity index (χ3v) is 5.44. The number of pyridine rings is 1. The number of hydrazine groups is 1. The van der Waals surface area contributed by atoms with Crippen LogP contribution in [0.15, 0.2) is 52.2 Å². The average molecular weight is 477 g/mol. The van der Waals surface area contributed by atoms with Crippen molar-refractivity contribution in [2.75, 3.05) is 13.1 Å². The fraction of sp³-hybridized carbons (Fsp3) is 0.300. The van der Waals surface area contributed by atoms with E-state index in [1.165, 1.54) is 18.2 Å². The first-order valence-corrected chi connectivity index (χ1v) is 10.2. The molecule has 158 valence electrons. The van der Waals surface area contributed by atoms with E-state index in [0.29, 0.717) is 38.2 Å². The standard InChI is InChI=1S/C20H22BrFN6O2/c21-16-10-15(3-4-17(16)22)26-19(27-23)18(29)14-5-8-28(9-6-14)20(30)25-12-13-2-1-7-24-11-13/h1-4,7,10-11,14H,5-6,8-9,12,23H2,(H,25,30)(H,26,27). The van der Waals surface area contributed by atoms with E-state index >= 15 is 0 Å². The number of benzene rings is 1. The van der Waals surface area contributed by atoms with Crippen LogP contribution in [-0.2, 0) is 11.3 Å². The molecule has 0 atom stereocenters. The number of aromatic nitrogens is 1. The molecule has 1 saturated heterocycles. The van der Waals surface area contributed by atoms with Crippen molar-refractivity contribution in [3.05, 3.63) is 58.6 Å². The second-order valence-corrected chi connectivity index (χ2v) is 7.70. The molecular formula is C20H22BrFN6O2. The van der Waals surface area contributed by atoms with Gasteiger partial charge in [0.2, 0.25) is 5.78 Å². The number of nitrogens with zero attached hydrogens (tertiary/aromatic N) is 3. The van der Waals surface area contributed by atoms with Crippen molar-refractivity contribution in [2.24, 2.45) is 16.8 Å². The van der Waals surface area contributed by atoms with Crippen LogP contribution in [0.25, 0.3) is 0 Å². The van der Waals surface area contributed by atoms with Gasteiger partial charge in [0.15, 0.2) is 5.84 Å². The molecule has 0 radical (unpaired) electrons. The van der Waals surface area contributed by atoms with E-state index in [2.05, 4.69) is 36.6 Å². The van der Waals surface area contributed by atoms with Gasteiger partial charge in [-0.2, -0.15) is 0 Å². The number of Topliss-reactive ketones (excluding diaryl/α,β-unsaturated/α-hetero) is 1. The number of rotatable bonds is 5. The molecule has 2 aromatic rings. The number of hydrogen-bond acceptors (Lipinski definition) is 5. The van der Waals surface area contributed by atoms with E-state index in [9.17, 15) is 14.0 Å². The zero-order chi connectivity index (χ0) is 21.5. The lowest BCUT2D eigenvalue weighted by atomic mass is 9.92. The van der Waals surface area contributed by atoms with Crippen LogP contribution in [0.1, 0.15) is 18.4 Å². The molecule has 0 spiro atoms. The van der Waals surface area contributed by atoms with Gasteiger partial charge in [-0.1, -0.05) is 6.07 Å². The predicted molar refractivity (Wildman–Crippen MR) is 114 cm³/mol. The van der Waals surface area contributed by atoms with Gasteiger partial charge in [0.25, 0.3) is 0 Å². The van der Waals surface area contributed by atoms with Crippen LogP contribution >= 0.6 is 15.9 Å². The van der Waals surface area contributed by atoms with Gasteiger partial charge in [-0.25, -0.2) is 20.0 Å². The van der Waals surface area contributed by atoms with Gasteiger partial charge in [-0.3, -0.25) is 9.78 Å². The smallest absolute Gasteiger partial charge is 0.317 e. The van der Waals surface area contributed by atoms with Crippen LogP contribution in [0, 0.1) is 11.7 Å². The van der Waals surface area contributed by atoms with Crippen molar-refractivity contribution in [2.45, 2.75) is 19.4 Å². The Morgan fingerprint density at radius 1 is 1.30 bits per heavy atom. The van der Waals surface area contributed by atoms with Crippen LogP contribution in [0.3, 0.4) is 0 Å². The number of piperidine rings is 1. The second kappa shape index (κ2) is 10.3. The maximum atomic E-state index is 13.4. The SMILES string of the molecule is NNC(=Nc1ccc(F)c(Br)c1)C(=O)C1CCN(C(=O)NCc2cccnc2)CC1. The van der Waals surface area contributed by atoms with Gasteiger partial charge in [-0.15, -0.1) is 0 Å². The summed E-state index contributed by atoms with van der Waals surface area (Å²) in [6.07, 6.45) is 4.39. The van der Waals surface area contributed by atoms with E-state index in [4.69, 9.17) is 5.84 Å². The summed E-state index contributed by atoms with van der Waals surface area (Å²) in [5.74, 6) is 4.56. The minimum absolute atomic E-state index is 0.00740. The molecule has 2 amide bonds. The Morgan fingerprint density at radius 2 is 2.07 bits per heavy atom. The first kappa shape index (κ1) is 21.8. The number of amides is 2. The maximum Gasteiger partial charge on any atom is 0.317 e. The van der Waals surface area contributed by atoms with Crippen molar-refractivity contribution < 1.29 is 14.0 Å². The molecular weight excluding hydrogens is 455 g/mol. The fourth-order valence-electron chi connectivity index (χ4n) is 3.17. The summed E-state index contributed by atoms with van der Waals surface area (Å²) in [5, 5.41) is 2.86. The molecule has 30 heavy (non-hydrogen) atoms. The van der Waals surface area contributed by atoms with Crippen LogP contribution in [0.2, 0.25) is 0 Å². The zero-order valence-electron chi connectivity index (χ0n) is 16.1. The van der Waals surface area contributed by atoms with Crippen LogP contribution in [0.4, 0.5) is 14.9 Å². The van der Waals surface area contributed by atoms with Crippen LogP contribution in [-0.4, -0.2) is 40.6 Å². The lowest BCUT2D eigenvalue weighted by Gasteiger charge is -2.31. The summed E-state index contributed by atoms with van der Waals surface area (Å²) < 4.78 is 13.6. The second-order valence-electron chi connectivity index (χ2n) is 6.85. The fourth-order valence-corrected chi connectivity index (χ4v) is 3.54. The third kappa shape index (κ3) is 5.61. The minimum Gasteiger partial charge on any atom is -0.334 e. The molecule has 1 aliphatic rings. The number of urea groups is 1. The lowest BCUT2D eigenvalue weighted by Crippen LogP contribution is -2.47. The molecule has 2 heterocycles. The number of likely N-dealkylation sites (tertiary alicyclic amines) is 1. The number of nitrogens with one attached hydrogen (secondary N) is 2. The highest BCUT2D eigenvalue weighted by molar-refractivity contribution is 9.10. The highest BCUT2D eigenvalue weighted by Gasteiger charge is 2.29. The Bertz CT molecular complexity index is 932. The van der Waals surface area contributed by atoms with Crippen molar-refractivity contribution in [1.29, 1.82) is 0 Å². The minimum atomic E-state index is -0.420. The van der Waals surface area contributed by atoms with E-state index in [-0.39, 0.29) is 28.0 Å². The van der Waals surface area contributed by atoms with Crippen LogP contribution in [0.5, 0.6) is 0 Å². The Balaban J connectivity index is 1.55. The molecule has 1 aliphatic heterocycles.